The highest BCUT2D eigenvalue weighted by atomic mass is 32.2. The lowest BCUT2D eigenvalue weighted by atomic mass is 10.1. The number of likely N-dealkylation sites (tertiary alicyclic amines) is 1. The van der Waals surface area contributed by atoms with E-state index in [0.29, 0.717) is 17.0 Å². The van der Waals surface area contributed by atoms with E-state index in [2.05, 4.69) is 32.2 Å². The molecule has 0 radical (unpaired) electrons. The fraction of sp³-hybridized carbons (Fsp3) is 0.318. The molecule has 1 fully saturated rings. The van der Waals surface area contributed by atoms with Crippen molar-refractivity contribution >= 4 is 38.1 Å². The van der Waals surface area contributed by atoms with E-state index in [4.69, 9.17) is 4.74 Å². The van der Waals surface area contributed by atoms with Gasteiger partial charge < -0.3 is 9.64 Å². The quantitative estimate of drug-likeness (QED) is 0.491. The summed E-state index contributed by atoms with van der Waals surface area (Å²) in [5.74, 6) is 0.325. The van der Waals surface area contributed by atoms with Crippen LogP contribution in [-0.4, -0.2) is 55.7 Å². The first-order valence-electron chi connectivity index (χ1n) is 10.5. The molecular formula is C22H25N5O4S2. The minimum absolute atomic E-state index is 0.102. The number of anilines is 2. The van der Waals surface area contributed by atoms with Gasteiger partial charge in [0.25, 0.3) is 20.3 Å². The predicted octanol–water partition coefficient (Wildman–Crippen LogP) is 3.37. The van der Waals surface area contributed by atoms with E-state index in [1.165, 1.54) is 0 Å². The molecular weight excluding hydrogens is 462 g/mol. The Morgan fingerprint density at radius 3 is 2.48 bits per heavy atom. The number of piperidine rings is 1. The van der Waals surface area contributed by atoms with Crippen LogP contribution in [0.25, 0.3) is 0 Å². The molecule has 0 unspecified atom stereocenters. The molecule has 0 bridgehead atoms. The van der Waals surface area contributed by atoms with Crippen LogP contribution in [0.15, 0.2) is 52.9 Å². The summed E-state index contributed by atoms with van der Waals surface area (Å²) in [4.78, 5) is 14.7. The number of hydrogen-bond acceptors (Lipinski definition) is 8. The average molecular weight is 488 g/mol. The van der Waals surface area contributed by atoms with Gasteiger partial charge in [0.15, 0.2) is 0 Å². The maximum absolute atomic E-state index is 12.7. The summed E-state index contributed by atoms with van der Waals surface area (Å²) >= 11 is 0.781. The van der Waals surface area contributed by atoms with Gasteiger partial charge >= 0.3 is 0 Å². The number of hydrogen-bond donors (Lipinski definition) is 2. The Kier molecular flexibility index (Phi) is 6.91. The molecule has 2 aromatic carbocycles. The van der Waals surface area contributed by atoms with Crippen molar-refractivity contribution in [2.45, 2.75) is 30.2 Å². The van der Waals surface area contributed by atoms with Crippen molar-refractivity contribution in [3.63, 3.8) is 0 Å². The molecule has 11 heteroatoms. The summed E-state index contributed by atoms with van der Waals surface area (Å²) in [6.45, 7) is 3.81. The zero-order chi connectivity index (χ0) is 23.4. The summed E-state index contributed by atoms with van der Waals surface area (Å²) < 4.78 is 33.6. The Hall–Kier alpha value is -3.02. The zero-order valence-corrected chi connectivity index (χ0v) is 19.9. The summed E-state index contributed by atoms with van der Waals surface area (Å²) in [6.07, 6.45) is 2.09. The monoisotopic (exact) mass is 487 g/mol. The molecule has 2 N–H and O–H groups in total. The Balaban J connectivity index is 1.37. The molecule has 3 aromatic rings. The van der Waals surface area contributed by atoms with Crippen molar-refractivity contribution in [3.05, 3.63) is 59.7 Å². The Morgan fingerprint density at radius 2 is 1.79 bits per heavy atom. The van der Waals surface area contributed by atoms with Crippen molar-refractivity contribution in [1.29, 1.82) is 0 Å². The number of aryl methyl sites for hydroxylation is 1. The predicted molar refractivity (Wildman–Crippen MR) is 127 cm³/mol. The van der Waals surface area contributed by atoms with Crippen LogP contribution >= 0.6 is 11.3 Å². The van der Waals surface area contributed by atoms with Gasteiger partial charge in [-0.25, -0.2) is 0 Å². The summed E-state index contributed by atoms with van der Waals surface area (Å²) in [5.41, 5.74) is 1.67. The van der Waals surface area contributed by atoms with E-state index in [9.17, 15) is 13.2 Å². The van der Waals surface area contributed by atoms with Crippen molar-refractivity contribution < 1.29 is 17.9 Å². The molecule has 4 rings (SSSR count). The molecule has 1 aliphatic rings. The molecule has 1 aromatic heterocycles. The lowest BCUT2D eigenvalue weighted by Crippen LogP contribution is -2.35. The summed E-state index contributed by atoms with van der Waals surface area (Å²) in [6, 6.07) is 13.9. The van der Waals surface area contributed by atoms with E-state index in [-0.39, 0.29) is 21.5 Å². The van der Waals surface area contributed by atoms with Gasteiger partial charge in [-0.2, -0.15) is 8.42 Å². The van der Waals surface area contributed by atoms with Crippen molar-refractivity contribution in [1.82, 2.24) is 15.1 Å². The molecule has 0 atom stereocenters. The van der Waals surface area contributed by atoms with Crippen LogP contribution in [0.3, 0.4) is 0 Å². The second-order valence-electron chi connectivity index (χ2n) is 7.89. The smallest absolute Gasteiger partial charge is 0.291 e. The molecule has 1 aliphatic heterocycles. The van der Waals surface area contributed by atoms with Gasteiger partial charge in [-0.05, 0) is 62.7 Å². The van der Waals surface area contributed by atoms with E-state index < -0.39 is 10.0 Å². The first-order valence-corrected chi connectivity index (χ1v) is 12.8. The molecule has 1 amide bonds. The molecule has 9 nitrogen and oxygen atoms in total. The number of nitrogens with zero attached hydrogens (tertiary/aromatic N) is 3. The molecule has 0 aliphatic carbocycles. The largest absolute Gasteiger partial charge is 0.490 e. The number of sulfonamides is 1. The molecule has 33 heavy (non-hydrogen) atoms. The molecule has 0 spiro atoms. The highest BCUT2D eigenvalue weighted by Gasteiger charge is 2.22. The van der Waals surface area contributed by atoms with Gasteiger partial charge in [0.05, 0.1) is 0 Å². The second-order valence-corrected chi connectivity index (χ2v) is 10.7. The normalized spacial score (nSPS) is 15.2. The maximum Gasteiger partial charge on any atom is 0.291 e. The van der Waals surface area contributed by atoms with Crippen LogP contribution in [0, 0.1) is 6.92 Å². The number of rotatable bonds is 7. The van der Waals surface area contributed by atoms with Crippen LogP contribution in [0.1, 0.15) is 28.8 Å². The topological polar surface area (TPSA) is 114 Å². The van der Waals surface area contributed by atoms with Crippen LogP contribution in [-0.2, 0) is 10.0 Å². The summed E-state index contributed by atoms with van der Waals surface area (Å²) in [5, 5.41) is 10.2. The number of aromatic nitrogens is 2. The second kappa shape index (κ2) is 9.86. The van der Waals surface area contributed by atoms with Gasteiger partial charge in [-0.1, -0.05) is 29.5 Å². The van der Waals surface area contributed by atoms with Crippen LogP contribution in [0.5, 0.6) is 5.75 Å². The number of carbonyl (C=O) groups is 1. The number of nitrogens with one attached hydrogen (secondary N) is 2. The first kappa shape index (κ1) is 23.1. The zero-order valence-electron chi connectivity index (χ0n) is 18.3. The molecule has 174 valence electrons. The SMILES string of the molecule is Cc1ccccc1C(=O)Nc1nnc(S(=O)(=O)Nc2ccc(OC3CCN(C)CC3)cc2)s1. The van der Waals surface area contributed by atoms with Gasteiger partial charge in [-0.15, -0.1) is 10.2 Å². The molecule has 0 saturated carbocycles. The lowest BCUT2D eigenvalue weighted by Gasteiger charge is -2.29. The average Bonchev–Trinajstić information content (AvgIpc) is 3.26. The minimum atomic E-state index is -3.95. The van der Waals surface area contributed by atoms with E-state index in [1.807, 2.05) is 19.1 Å². The standard InChI is InChI=1S/C22H25N5O4S2/c1-15-5-3-4-6-19(15)20(28)23-21-24-25-22(32-21)33(29,30)26-16-7-9-17(10-8-16)31-18-11-13-27(2)14-12-18/h3-10,18,26H,11-14H2,1-2H3,(H,23,24,28). The van der Waals surface area contributed by atoms with Gasteiger partial charge in [0, 0.05) is 24.3 Å². The Morgan fingerprint density at radius 1 is 1.09 bits per heavy atom. The van der Waals surface area contributed by atoms with Crippen LogP contribution in [0.2, 0.25) is 0 Å². The Labute approximate surface area is 196 Å². The number of carbonyl (C=O) groups excluding carboxylic acids is 1. The van der Waals surface area contributed by atoms with Crippen molar-refractivity contribution in [2.24, 2.45) is 0 Å². The third-order valence-corrected chi connectivity index (χ3v) is 7.91. The summed E-state index contributed by atoms with van der Waals surface area (Å²) in [7, 11) is -1.86. The van der Waals surface area contributed by atoms with Crippen LogP contribution in [0.4, 0.5) is 10.8 Å². The fourth-order valence-corrected chi connectivity index (χ4v) is 5.41. The maximum atomic E-state index is 12.7. The minimum Gasteiger partial charge on any atom is -0.490 e. The molecule has 2 heterocycles. The third-order valence-electron chi connectivity index (χ3n) is 5.32. The van der Waals surface area contributed by atoms with E-state index in [0.717, 1.165) is 42.8 Å². The molecule has 1 saturated heterocycles. The van der Waals surface area contributed by atoms with E-state index >= 15 is 0 Å². The van der Waals surface area contributed by atoms with Gasteiger partial charge in [0.2, 0.25) is 5.13 Å². The first-order chi connectivity index (χ1) is 15.8. The lowest BCUT2D eigenvalue weighted by molar-refractivity contribution is 0.102. The third kappa shape index (κ3) is 5.86. The number of ether oxygens (including phenoxy) is 1. The highest BCUT2D eigenvalue weighted by Crippen LogP contribution is 2.25. The number of benzene rings is 2. The van der Waals surface area contributed by atoms with Gasteiger partial charge in [0.1, 0.15) is 11.9 Å². The Bertz CT molecular complexity index is 1220. The van der Waals surface area contributed by atoms with Crippen molar-refractivity contribution in [2.75, 3.05) is 30.2 Å². The van der Waals surface area contributed by atoms with E-state index in [1.54, 1.807) is 36.4 Å². The number of amides is 1. The highest BCUT2D eigenvalue weighted by molar-refractivity contribution is 7.94. The van der Waals surface area contributed by atoms with Crippen LogP contribution < -0.4 is 14.8 Å². The van der Waals surface area contributed by atoms with Crippen molar-refractivity contribution in [3.8, 4) is 5.75 Å². The van der Waals surface area contributed by atoms with Gasteiger partial charge in [-0.3, -0.25) is 14.8 Å². The fourth-order valence-electron chi connectivity index (χ4n) is 3.46.